The van der Waals surface area contributed by atoms with Gasteiger partial charge in [0.2, 0.25) is 0 Å². The molecule has 122 valence electrons. The van der Waals surface area contributed by atoms with Crippen LogP contribution in [0.15, 0.2) is 17.0 Å². The van der Waals surface area contributed by atoms with E-state index in [1.807, 2.05) is 0 Å². The van der Waals surface area contributed by atoms with Crippen molar-refractivity contribution < 1.29 is 5.11 Å². The van der Waals surface area contributed by atoms with Crippen LogP contribution in [-0.4, -0.2) is 17.1 Å². The summed E-state index contributed by atoms with van der Waals surface area (Å²) in [6.07, 6.45) is 2.18. The van der Waals surface area contributed by atoms with Crippen LogP contribution in [0.2, 0.25) is 0 Å². The molecule has 0 bridgehead atoms. The van der Waals surface area contributed by atoms with Crippen LogP contribution in [-0.2, 0) is 10.8 Å². The largest absolute Gasteiger partial charge is 0.507 e. The van der Waals surface area contributed by atoms with E-state index in [1.165, 1.54) is 4.91 Å². The van der Waals surface area contributed by atoms with Crippen molar-refractivity contribution in [2.45, 2.75) is 57.9 Å². The highest BCUT2D eigenvalue weighted by atomic mass is 32.2. The molecule has 0 amide bonds. The van der Waals surface area contributed by atoms with Gasteiger partial charge in [-0.2, -0.15) is 0 Å². The maximum absolute atomic E-state index is 10.7. The Balaban J connectivity index is 2.56. The van der Waals surface area contributed by atoms with Crippen molar-refractivity contribution in [3.63, 3.8) is 0 Å². The van der Waals surface area contributed by atoms with Crippen LogP contribution in [0, 0.1) is 0 Å². The molecule has 0 saturated carbocycles. The first kappa shape index (κ1) is 17.4. The molecule has 1 aromatic rings. The second-order valence-corrected chi connectivity index (χ2v) is 9.26. The predicted octanol–water partition coefficient (Wildman–Crippen LogP) is 3.91. The van der Waals surface area contributed by atoms with Crippen LogP contribution in [0.5, 0.6) is 5.75 Å². The van der Waals surface area contributed by atoms with E-state index in [4.69, 9.17) is 5.73 Å². The Bertz CT molecular complexity index is 559. The summed E-state index contributed by atoms with van der Waals surface area (Å²) in [7, 11) is 0. The number of benzene rings is 1. The summed E-state index contributed by atoms with van der Waals surface area (Å²) < 4.78 is 0. The highest BCUT2D eigenvalue weighted by Crippen LogP contribution is 2.40. The molecule has 4 N–H and O–H groups in total. The van der Waals surface area contributed by atoms with Crippen LogP contribution in [0.25, 0.3) is 6.08 Å². The Labute approximate surface area is 138 Å². The molecule has 0 spiro atoms. The summed E-state index contributed by atoms with van der Waals surface area (Å²) in [6.45, 7) is 13.6. The number of hydrogen-bond acceptors (Lipinski definition) is 4. The highest BCUT2D eigenvalue weighted by Gasteiger charge is 2.26. The summed E-state index contributed by atoms with van der Waals surface area (Å²) in [5.74, 6) is 0.427. The van der Waals surface area contributed by atoms with Gasteiger partial charge in [0.05, 0.1) is 0 Å². The van der Waals surface area contributed by atoms with Gasteiger partial charge < -0.3 is 10.8 Å². The standard InChI is InChI=1S/C18H28N2OS/c1-17(2,3)13-8-11(7-12-10-20-16(19)22-12)9-14(15(13)21)18(4,5)6/h7-9,16,20-21H,10,19H2,1-6H3. The first-order chi connectivity index (χ1) is 9.98. The van der Waals surface area contributed by atoms with Crippen molar-refractivity contribution in [1.29, 1.82) is 0 Å². The van der Waals surface area contributed by atoms with E-state index in [1.54, 1.807) is 11.8 Å². The van der Waals surface area contributed by atoms with Gasteiger partial charge in [0.25, 0.3) is 0 Å². The Morgan fingerprint density at radius 3 is 2.00 bits per heavy atom. The number of phenolic OH excluding ortho intramolecular Hbond substituents is 1. The van der Waals surface area contributed by atoms with Crippen molar-refractivity contribution in [3.8, 4) is 5.75 Å². The van der Waals surface area contributed by atoms with Crippen molar-refractivity contribution in [2.24, 2.45) is 5.73 Å². The lowest BCUT2D eigenvalue weighted by Crippen LogP contribution is -2.27. The molecule has 22 heavy (non-hydrogen) atoms. The van der Waals surface area contributed by atoms with Crippen LogP contribution >= 0.6 is 11.8 Å². The van der Waals surface area contributed by atoms with Crippen molar-refractivity contribution in [2.75, 3.05) is 6.54 Å². The number of thioether (sulfide) groups is 1. The second-order valence-electron chi connectivity index (χ2n) is 7.99. The van der Waals surface area contributed by atoms with Crippen molar-refractivity contribution in [1.82, 2.24) is 5.32 Å². The fourth-order valence-electron chi connectivity index (χ4n) is 2.60. The van der Waals surface area contributed by atoms with E-state index in [-0.39, 0.29) is 16.3 Å². The third kappa shape index (κ3) is 3.86. The Kier molecular flexibility index (Phi) is 4.67. The Morgan fingerprint density at radius 1 is 1.14 bits per heavy atom. The lowest BCUT2D eigenvalue weighted by molar-refractivity contribution is 0.423. The summed E-state index contributed by atoms with van der Waals surface area (Å²) in [5.41, 5.74) is 8.77. The topological polar surface area (TPSA) is 58.3 Å². The average molecular weight is 321 g/mol. The van der Waals surface area contributed by atoms with E-state index in [9.17, 15) is 5.11 Å². The number of rotatable bonds is 1. The van der Waals surface area contributed by atoms with Gasteiger partial charge >= 0.3 is 0 Å². The maximum atomic E-state index is 10.7. The van der Waals surface area contributed by atoms with Gasteiger partial charge in [-0.25, -0.2) is 0 Å². The van der Waals surface area contributed by atoms with E-state index in [0.717, 1.165) is 23.2 Å². The monoisotopic (exact) mass is 320 g/mol. The van der Waals surface area contributed by atoms with E-state index >= 15 is 0 Å². The zero-order chi connectivity index (χ0) is 16.7. The smallest absolute Gasteiger partial charge is 0.123 e. The minimum absolute atomic E-state index is 0.0208. The van der Waals surface area contributed by atoms with Gasteiger partial charge in [0.15, 0.2) is 0 Å². The molecular formula is C18H28N2OS. The molecule has 1 aliphatic rings. The molecule has 1 atom stereocenters. The van der Waals surface area contributed by atoms with E-state index < -0.39 is 0 Å². The van der Waals surface area contributed by atoms with E-state index in [2.05, 4.69) is 65.1 Å². The zero-order valence-corrected chi connectivity index (χ0v) is 15.3. The molecular weight excluding hydrogens is 292 g/mol. The number of hydrogen-bond donors (Lipinski definition) is 3. The first-order valence-corrected chi connectivity index (χ1v) is 8.60. The van der Waals surface area contributed by atoms with Crippen LogP contribution in [0.1, 0.15) is 58.2 Å². The number of nitrogens with one attached hydrogen (secondary N) is 1. The molecule has 0 radical (unpaired) electrons. The van der Waals surface area contributed by atoms with Crippen molar-refractivity contribution in [3.05, 3.63) is 33.7 Å². The predicted molar refractivity (Wildman–Crippen MR) is 97.1 cm³/mol. The molecule has 1 aromatic carbocycles. The molecule has 0 aromatic heterocycles. The number of aromatic hydroxyl groups is 1. The second kappa shape index (κ2) is 5.91. The van der Waals surface area contributed by atoms with Gasteiger partial charge in [0.1, 0.15) is 11.2 Å². The molecule has 2 rings (SSSR count). The lowest BCUT2D eigenvalue weighted by Gasteiger charge is -2.28. The molecule has 1 fully saturated rings. The minimum Gasteiger partial charge on any atom is -0.507 e. The maximum Gasteiger partial charge on any atom is 0.123 e. The Morgan fingerprint density at radius 2 is 1.64 bits per heavy atom. The fourth-order valence-corrected chi connectivity index (χ4v) is 3.47. The zero-order valence-electron chi connectivity index (χ0n) is 14.4. The molecule has 3 nitrogen and oxygen atoms in total. The normalized spacial score (nSPS) is 21.6. The van der Waals surface area contributed by atoms with Crippen LogP contribution in [0.4, 0.5) is 0 Å². The SMILES string of the molecule is CC(C)(C)c1cc(C=C2CNC(N)S2)cc(C(C)(C)C)c1O. The lowest BCUT2D eigenvalue weighted by atomic mass is 9.78. The van der Waals surface area contributed by atoms with Crippen LogP contribution in [0.3, 0.4) is 0 Å². The third-order valence-corrected chi connectivity index (χ3v) is 4.82. The summed E-state index contributed by atoms with van der Waals surface area (Å²) in [4.78, 5) is 1.23. The fraction of sp³-hybridized carbons (Fsp3) is 0.556. The summed E-state index contributed by atoms with van der Waals surface area (Å²) >= 11 is 1.66. The van der Waals surface area contributed by atoms with E-state index in [0.29, 0.717) is 5.75 Å². The van der Waals surface area contributed by atoms with Crippen LogP contribution < -0.4 is 11.1 Å². The average Bonchev–Trinajstić information content (AvgIpc) is 2.74. The molecule has 1 heterocycles. The number of nitrogens with two attached hydrogens (primary N) is 1. The van der Waals surface area contributed by atoms with Gasteiger partial charge in [0, 0.05) is 22.6 Å². The molecule has 0 aliphatic carbocycles. The molecule has 4 heteroatoms. The number of phenols is 1. The van der Waals surface area contributed by atoms with Gasteiger partial charge in [-0.05, 0) is 34.6 Å². The molecule has 1 unspecified atom stereocenters. The minimum atomic E-state index is -0.101. The molecule has 1 saturated heterocycles. The van der Waals surface area contributed by atoms with Gasteiger partial charge in [-0.15, -0.1) is 0 Å². The van der Waals surface area contributed by atoms with Crippen molar-refractivity contribution >= 4 is 17.8 Å². The molecule has 1 aliphatic heterocycles. The van der Waals surface area contributed by atoms with Gasteiger partial charge in [-0.3, -0.25) is 5.32 Å². The highest BCUT2D eigenvalue weighted by molar-refractivity contribution is 8.04. The quantitative estimate of drug-likeness (QED) is 0.734. The Hall–Kier alpha value is -0.970. The summed E-state index contributed by atoms with van der Waals surface area (Å²) in [6, 6.07) is 4.20. The summed E-state index contributed by atoms with van der Waals surface area (Å²) in [5, 5.41) is 13.9. The first-order valence-electron chi connectivity index (χ1n) is 7.72. The van der Waals surface area contributed by atoms with Gasteiger partial charge in [-0.1, -0.05) is 53.3 Å². The third-order valence-electron chi connectivity index (χ3n) is 3.83.